The van der Waals surface area contributed by atoms with Crippen molar-refractivity contribution in [2.45, 2.75) is 6.92 Å². The number of hydrogen-bond donors (Lipinski definition) is 0. The molecular weight excluding hydrogens is 243 g/mol. The third-order valence-corrected chi connectivity index (χ3v) is 2.38. The fraction of sp³-hybridized carbons (Fsp3) is 0.111. The van der Waals surface area contributed by atoms with Crippen LogP contribution < -0.4 is 3.78 Å². The summed E-state index contributed by atoms with van der Waals surface area (Å²) in [6.45, 7) is 2.09. The normalized spacial score (nSPS) is 10.7. The molecule has 11 heavy (non-hydrogen) atoms. The van der Waals surface area contributed by atoms with Crippen LogP contribution in [0.1, 0.15) is 5.56 Å². The van der Waals surface area contributed by atoms with Crippen LogP contribution in [0.25, 0.3) is 11.0 Å². The molecule has 1 aromatic carbocycles. The summed E-state index contributed by atoms with van der Waals surface area (Å²) in [5, 5.41) is 1.22. The summed E-state index contributed by atoms with van der Waals surface area (Å²) in [7, 11) is 0. The van der Waals surface area contributed by atoms with Crippen LogP contribution in [0, 0.1) is 6.92 Å². The van der Waals surface area contributed by atoms with E-state index in [0.29, 0.717) is 0 Å². The van der Waals surface area contributed by atoms with Crippen LogP contribution in [-0.2, 0) is 0 Å². The van der Waals surface area contributed by atoms with E-state index in [1.54, 1.807) is 0 Å². The molecule has 0 aliphatic heterocycles. The Bertz CT molecular complexity index is 389. The Balaban J connectivity index is 2.82. The van der Waals surface area contributed by atoms with Crippen molar-refractivity contribution in [3.8, 4) is 0 Å². The quantitative estimate of drug-likeness (QED) is 0.646. The first-order valence-corrected chi connectivity index (χ1v) is 4.90. The summed E-state index contributed by atoms with van der Waals surface area (Å²) >= 11 is 1.34. The summed E-state index contributed by atoms with van der Waals surface area (Å²) < 4.78 is 6.53. The summed E-state index contributed by atoms with van der Waals surface area (Å²) in [4.78, 5) is 0. The van der Waals surface area contributed by atoms with Gasteiger partial charge in [-0.1, -0.05) is 0 Å². The Morgan fingerprint density at radius 2 is 2.09 bits per heavy atom. The van der Waals surface area contributed by atoms with Crippen LogP contribution >= 0.6 is 0 Å². The summed E-state index contributed by atoms with van der Waals surface area (Å²) in [6.07, 6.45) is 0. The van der Waals surface area contributed by atoms with E-state index in [-0.39, 0.29) is 0 Å². The van der Waals surface area contributed by atoms with Crippen LogP contribution in [0.3, 0.4) is 0 Å². The number of aryl methyl sites for hydroxylation is 1. The van der Waals surface area contributed by atoms with Crippen molar-refractivity contribution in [1.29, 1.82) is 0 Å². The first kappa shape index (κ1) is 7.22. The maximum absolute atomic E-state index is 5.46. The zero-order valence-electron chi connectivity index (χ0n) is 6.22. The SMILES string of the molecule is Cc1ccc2o[c]([Sn])cc2c1. The molecule has 1 aromatic heterocycles. The predicted octanol–water partition coefficient (Wildman–Crippen LogP) is 1.54. The Kier molecular flexibility index (Phi) is 1.68. The molecule has 2 rings (SSSR count). The number of hydrogen-bond acceptors (Lipinski definition) is 1. The predicted molar refractivity (Wildman–Crippen MR) is 46.3 cm³/mol. The van der Waals surface area contributed by atoms with Crippen molar-refractivity contribution in [2.24, 2.45) is 0 Å². The van der Waals surface area contributed by atoms with Crippen LogP contribution in [0.2, 0.25) is 0 Å². The van der Waals surface area contributed by atoms with Crippen LogP contribution in [0.5, 0.6) is 0 Å². The van der Waals surface area contributed by atoms with E-state index in [1.807, 2.05) is 6.07 Å². The summed E-state index contributed by atoms with van der Waals surface area (Å²) in [5.74, 6) is 0. The number of furan rings is 1. The summed E-state index contributed by atoms with van der Waals surface area (Å²) in [5.41, 5.74) is 2.29. The first-order valence-electron chi connectivity index (χ1n) is 3.47. The molecule has 0 aliphatic rings. The maximum atomic E-state index is 5.46. The molecule has 2 aromatic rings. The molecule has 0 saturated carbocycles. The molecule has 0 spiro atoms. The van der Waals surface area contributed by atoms with E-state index in [2.05, 4.69) is 25.1 Å². The number of fused-ring (bicyclic) bond motifs is 1. The van der Waals surface area contributed by atoms with Gasteiger partial charge in [0.25, 0.3) is 0 Å². The van der Waals surface area contributed by atoms with Gasteiger partial charge in [-0.15, -0.1) is 0 Å². The van der Waals surface area contributed by atoms with Gasteiger partial charge in [-0.05, 0) is 0 Å². The van der Waals surface area contributed by atoms with E-state index in [4.69, 9.17) is 4.42 Å². The zero-order chi connectivity index (χ0) is 7.84. The standard InChI is InChI=1S/C9H7O.Sn/c1-7-2-3-9-8(6-7)4-5-10-9;/h2-4,6H,1H3;. The van der Waals surface area contributed by atoms with Gasteiger partial charge in [-0.3, -0.25) is 0 Å². The van der Waals surface area contributed by atoms with Crippen LogP contribution in [0.15, 0.2) is 28.7 Å². The Labute approximate surface area is 78.5 Å². The van der Waals surface area contributed by atoms with Gasteiger partial charge < -0.3 is 0 Å². The van der Waals surface area contributed by atoms with Crippen molar-refractivity contribution >= 4 is 37.3 Å². The van der Waals surface area contributed by atoms with Crippen molar-refractivity contribution in [3.05, 3.63) is 29.8 Å². The molecule has 1 heterocycles. The van der Waals surface area contributed by atoms with E-state index < -0.39 is 0 Å². The Hall–Kier alpha value is -0.441. The van der Waals surface area contributed by atoms with E-state index in [0.717, 1.165) is 9.36 Å². The minimum absolute atomic E-state index is 1.00. The second-order valence-electron chi connectivity index (χ2n) is 2.65. The zero-order valence-corrected chi connectivity index (χ0v) is 9.07. The number of benzene rings is 1. The van der Waals surface area contributed by atoms with Gasteiger partial charge >= 0.3 is 78.4 Å². The third kappa shape index (κ3) is 1.29. The van der Waals surface area contributed by atoms with Gasteiger partial charge in [0.1, 0.15) is 0 Å². The molecular formula is C9H7OSn. The van der Waals surface area contributed by atoms with Crippen molar-refractivity contribution < 1.29 is 4.42 Å². The van der Waals surface area contributed by atoms with Crippen LogP contribution in [0.4, 0.5) is 0 Å². The second kappa shape index (κ2) is 2.55. The fourth-order valence-electron chi connectivity index (χ4n) is 1.16. The molecule has 2 heteroatoms. The average molecular weight is 250 g/mol. The van der Waals surface area contributed by atoms with Gasteiger partial charge in [0.15, 0.2) is 0 Å². The van der Waals surface area contributed by atoms with Crippen molar-refractivity contribution in [2.75, 3.05) is 0 Å². The summed E-state index contributed by atoms with van der Waals surface area (Å²) in [6, 6.07) is 8.34. The van der Waals surface area contributed by atoms with Gasteiger partial charge in [0, 0.05) is 0 Å². The number of rotatable bonds is 0. The Morgan fingerprint density at radius 3 is 2.91 bits per heavy atom. The van der Waals surface area contributed by atoms with Gasteiger partial charge in [0.05, 0.1) is 0 Å². The molecule has 0 amide bonds. The molecule has 3 radical (unpaired) electrons. The average Bonchev–Trinajstić information content (AvgIpc) is 2.27. The molecule has 0 atom stereocenters. The molecule has 0 unspecified atom stereocenters. The van der Waals surface area contributed by atoms with E-state index in [9.17, 15) is 0 Å². The van der Waals surface area contributed by atoms with Gasteiger partial charge in [-0.25, -0.2) is 0 Å². The minimum atomic E-state index is 1.00. The molecule has 1 nitrogen and oxygen atoms in total. The molecule has 0 aliphatic carbocycles. The third-order valence-electron chi connectivity index (χ3n) is 1.67. The van der Waals surface area contributed by atoms with Crippen molar-refractivity contribution in [3.63, 3.8) is 0 Å². The molecule has 0 fully saturated rings. The fourth-order valence-corrected chi connectivity index (χ4v) is 1.92. The monoisotopic (exact) mass is 251 g/mol. The van der Waals surface area contributed by atoms with Gasteiger partial charge in [-0.2, -0.15) is 0 Å². The molecule has 53 valence electrons. The van der Waals surface area contributed by atoms with Gasteiger partial charge in [0.2, 0.25) is 0 Å². The second-order valence-corrected chi connectivity index (χ2v) is 4.06. The Morgan fingerprint density at radius 1 is 1.27 bits per heavy atom. The van der Waals surface area contributed by atoms with Crippen LogP contribution in [-0.4, -0.2) is 22.5 Å². The first-order chi connectivity index (χ1) is 5.25. The van der Waals surface area contributed by atoms with E-state index in [1.165, 1.54) is 33.5 Å². The topological polar surface area (TPSA) is 13.1 Å². The van der Waals surface area contributed by atoms with E-state index >= 15 is 0 Å². The molecule has 0 N–H and O–H groups in total. The molecule has 0 saturated heterocycles. The van der Waals surface area contributed by atoms with Crippen molar-refractivity contribution in [1.82, 2.24) is 0 Å². The molecule has 0 bridgehead atoms.